The van der Waals surface area contributed by atoms with Gasteiger partial charge in [-0.1, -0.05) is 60.7 Å². The largest absolute Gasteiger partial charge is 0.396 e. The summed E-state index contributed by atoms with van der Waals surface area (Å²) < 4.78 is 13.6. The van der Waals surface area contributed by atoms with E-state index in [9.17, 15) is 9.18 Å². The van der Waals surface area contributed by atoms with Crippen LogP contribution < -0.4 is 11.1 Å². The molecule has 3 aromatic rings. The van der Waals surface area contributed by atoms with Crippen LogP contribution in [-0.2, 0) is 4.79 Å². The molecule has 0 saturated heterocycles. The van der Waals surface area contributed by atoms with E-state index in [1.165, 1.54) is 12.1 Å². The molecule has 0 aliphatic heterocycles. The van der Waals surface area contributed by atoms with Gasteiger partial charge in [0.1, 0.15) is 5.82 Å². The number of nitrogen functional groups attached to an aromatic ring is 1. The van der Waals surface area contributed by atoms with Gasteiger partial charge in [-0.15, -0.1) is 0 Å². The van der Waals surface area contributed by atoms with Gasteiger partial charge in [0.05, 0.1) is 11.6 Å². The fourth-order valence-corrected chi connectivity index (χ4v) is 2.61. The van der Waals surface area contributed by atoms with E-state index in [1.807, 2.05) is 60.7 Å². The number of nitrogens with two attached hydrogens (primary N) is 1. The lowest BCUT2D eigenvalue weighted by Crippen LogP contribution is -2.22. The summed E-state index contributed by atoms with van der Waals surface area (Å²) in [6, 6.07) is 23.2. The van der Waals surface area contributed by atoms with Gasteiger partial charge in [0.15, 0.2) is 0 Å². The molecule has 0 radical (unpaired) electrons. The molecule has 0 unspecified atom stereocenters. The lowest BCUT2D eigenvalue weighted by atomic mass is 9.90. The number of carbonyl (C=O) groups is 1. The van der Waals surface area contributed by atoms with E-state index in [4.69, 9.17) is 5.73 Å². The normalized spacial score (nSPS) is 10.6. The standard InChI is InChI=1S/C20H17FN2O/c21-17-13-16(11-12-18(17)22)23-20(24)19(14-7-3-1-4-8-14)15-9-5-2-6-10-15/h1-13,19H,22H2,(H,23,24). The van der Waals surface area contributed by atoms with Crippen LogP contribution in [0, 0.1) is 5.82 Å². The van der Waals surface area contributed by atoms with Crippen molar-refractivity contribution < 1.29 is 9.18 Å². The highest BCUT2D eigenvalue weighted by atomic mass is 19.1. The van der Waals surface area contributed by atoms with Gasteiger partial charge in [-0.05, 0) is 29.3 Å². The number of rotatable bonds is 4. The minimum absolute atomic E-state index is 0.0515. The first-order chi connectivity index (χ1) is 11.6. The van der Waals surface area contributed by atoms with E-state index in [-0.39, 0.29) is 11.6 Å². The molecule has 3 aromatic carbocycles. The zero-order valence-corrected chi connectivity index (χ0v) is 12.9. The Bertz CT molecular complexity index is 795. The molecule has 120 valence electrons. The highest BCUT2D eigenvalue weighted by Gasteiger charge is 2.22. The number of carbonyl (C=O) groups excluding carboxylic acids is 1. The summed E-state index contributed by atoms with van der Waals surface area (Å²) >= 11 is 0. The smallest absolute Gasteiger partial charge is 0.236 e. The number of benzene rings is 3. The van der Waals surface area contributed by atoms with Crippen LogP contribution in [0.5, 0.6) is 0 Å². The van der Waals surface area contributed by atoms with E-state index >= 15 is 0 Å². The van der Waals surface area contributed by atoms with Crippen molar-refractivity contribution in [3.63, 3.8) is 0 Å². The maximum Gasteiger partial charge on any atom is 0.236 e. The number of hydrogen-bond donors (Lipinski definition) is 2. The van der Waals surface area contributed by atoms with Gasteiger partial charge in [-0.25, -0.2) is 4.39 Å². The monoisotopic (exact) mass is 320 g/mol. The van der Waals surface area contributed by atoms with Crippen LogP contribution >= 0.6 is 0 Å². The minimum Gasteiger partial charge on any atom is -0.396 e. The van der Waals surface area contributed by atoms with Crippen molar-refractivity contribution >= 4 is 17.3 Å². The molecule has 0 aliphatic carbocycles. The van der Waals surface area contributed by atoms with E-state index < -0.39 is 11.7 Å². The van der Waals surface area contributed by atoms with Gasteiger partial charge in [0.2, 0.25) is 5.91 Å². The highest BCUT2D eigenvalue weighted by molar-refractivity contribution is 5.98. The molecule has 0 saturated carbocycles. The van der Waals surface area contributed by atoms with E-state index in [0.717, 1.165) is 11.1 Å². The third-order valence-electron chi connectivity index (χ3n) is 3.80. The summed E-state index contributed by atoms with van der Waals surface area (Å²) in [5.74, 6) is -1.26. The average Bonchev–Trinajstić information content (AvgIpc) is 2.60. The zero-order chi connectivity index (χ0) is 16.9. The van der Waals surface area contributed by atoms with E-state index in [2.05, 4.69) is 5.32 Å². The molecule has 0 heterocycles. The molecular formula is C20H17FN2O. The third kappa shape index (κ3) is 3.43. The van der Waals surface area contributed by atoms with Crippen LogP contribution in [0.2, 0.25) is 0 Å². The molecule has 1 amide bonds. The van der Waals surface area contributed by atoms with Gasteiger partial charge in [0, 0.05) is 5.69 Å². The second-order valence-corrected chi connectivity index (χ2v) is 5.48. The van der Waals surface area contributed by atoms with Crippen molar-refractivity contribution in [3.05, 3.63) is 95.8 Å². The Kier molecular flexibility index (Phi) is 4.57. The van der Waals surface area contributed by atoms with Gasteiger partial charge in [0.25, 0.3) is 0 Å². The van der Waals surface area contributed by atoms with Crippen LogP contribution in [-0.4, -0.2) is 5.91 Å². The van der Waals surface area contributed by atoms with Crippen molar-refractivity contribution in [2.75, 3.05) is 11.1 Å². The van der Waals surface area contributed by atoms with E-state index in [1.54, 1.807) is 6.07 Å². The molecule has 4 heteroatoms. The fraction of sp³-hybridized carbons (Fsp3) is 0.0500. The first kappa shape index (κ1) is 15.7. The first-order valence-electron chi connectivity index (χ1n) is 7.61. The van der Waals surface area contributed by atoms with Gasteiger partial charge < -0.3 is 11.1 Å². The fourth-order valence-electron chi connectivity index (χ4n) is 2.61. The Morgan fingerprint density at radius 2 is 1.42 bits per heavy atom. The predicted molar refractivity (Wildman–Crippen MR) is 94.2 cm³/mol. The number of hydrogen-bond acceptors (Lipinski definition) is 2. The Balaban J connectivity index is 1.93. The van der Waals surface area contributed by atoms with Crippen LogP contribution in [0.1, 0.15) is 17.0 Å². The lowest BCUT2D eigenvalue weighted by molar-refractivity contribution is -0.116. The molecule has 0 bridgehead atoms. The lowest BCUT2D eigenvalue weighted by Gasteiger charge is -2.18. The summed E-state index contributed by atoms with van der Waals surface area (Å²) in [5, 5.41) is 2.77. The molecule has 24 heavy (non-hydrogen) atoms. The minimum atomic E-state index is -0.552. The summed E-state index contributed by atoms with van der Waals surface area (Å²) in [6.07, 6.45) is 0. The van der Waals surface area contributed by atoms with Crippen molar-refractivity contribution in [2.24, 2.45) is 0 Å². The first-order valence-corrected chi connectivity index (χ1v) is 7.61. The SMILES string of the molecule is Nc1ccc(NC(=O)C(c2ccccc2)c2ccccc2)cc1F. The number of anilines is 2. The molecule has 0 aromatic heterocycles. The zero-order valence-electron chi connectivity index (χ0n) is 12.9. The number of amides is 1. The Hall–Kier alpha value is -3.14. The molecule has 0 atom stereocenters. The molecule has 0 aliphatic rings. The number of nitrogens with one attached hydrogen (secondary N) is 1. The van der Waals surface area contributed by atoms with Gasteiger partial charge in [-0.2, -0.15) is 0 Å². The number of halogens is 1. The Labute approximate surface area is 139 Å². The van der Waals surface area contributed by atoms with E-state index in [0.29, 0.717) is 5.69 Å². The summed E-state index contributed by atoms with van der Waals surface area (Å²) in [6.45, 7) is 0. The molecular weight excluding hydrogens is 303 g/mol. The second-order valence-electron chi connectivity index (χ2n) is 5.48. The summed E-state index contributed by atoms with van der Waals surface area (Å²) in [4.78, 5) is 12.8. The van der Waals surface area contributed by atoms with Gasteiger partial charge in [-0.3, -0.25) is 4.79 Å². The van der Waals surface area contributed by atoms with Crippen LogP contribution in [0.15, 0.2) is 78.9 Å². The highest BCUT2D eigenvalue weighted by Crippen LogP contribution is 2.26. The maximum absolute atomic E-state index is 13.6. The molecule has 3 rings (SSSR count). The predicted octanol–water partition coefficient (Wildman–Crippen LogP) is 4.18. The summed E-state index contributed by atoms with van der Waals surface area (Å²) in [7, 11) is 0. The quantitative estimate of drug-likeness (QED) is 0.709. The van der Waals surface area contributed by atoms with Crippen LogP contribution in [0.4, 0.5) is 15.8 Å². The van der Waals surface area contributed by atoms with Crippen molar-refractivity contribution in [3.8, 4) is 0 Å². The van der Waals surface area contributed by atoms with Gasteiger partial charge >= 0.3 is 0 Å². The molecule has 0 spiro atoms. The topological polar surface area (TPSA) is 55.1 Å². The molecule has 3 nitrogen and oxygen atoms in total. The third-order valence-corrected chi connectivity index (χ3v) is 3.80. The Morgan fingerprint density at radius 3 is 1.92 bits per heavy atom. The Morgan fingerprint density at radius 1 is 0.875 bits per heavy atom. The summed E-state index contributed by atoms with van der Waals surface area (Å²) in [5.41, 5.74) is 7.65. The molecule has 3 N–H and O–H groups in total. The maximum atomic E-state index is 13.6. The van der Waals surface area contributed by atoms with Crippen LogP contribution in [0.25, 0.3) is 0 Å². The second kappa shape index (κ2) is 6.96. The van der Waals surface area contributed by atoms with Crippen LogP contribution in [0.3, 0.4) is 0 Å². The van der Waals surface area contributed by atoms with Crippen molar-refractivity contribution in [1.29, 1.82) is 0 Å². The molecule has 0 fully saturated rings. The average molecular weight is 320 g/mol. The van der Waals surface area contributed by atoms with Crippen molar-refractivity contribution in [2.45, 2.75) is 5.92 Å². The van der Waals surface area contributed by atoms with Crippen molar-refractivity contribution in [1.82, 2.24) is 0 Å².